The maximum atomic E-state index is 4.84. The molecule has 26 heavy (non-hydrogen) atoms. The molecule has 1 unspecified atom stereocenters. The van der Waals surface area contributed by atoms with Crippen molar-refractivity contribution in [2.24, 2.45) is 0 Å². The molecule has 0 radical (unpaired) electrons. The minimum absolute atomic E-state index is 0.366. The number of aromatic nitrogens is 3. The van der Waals surface area contributed by atoms with Gasteiger partial charge in [0.25, 0.3) is 0 Å². The summed E-state index contributed by atoms with van der Waals surface area (Å²) in [5.41, 5.74) is 3.86. The number of para-hydroxylation sites is 1. The fourth-order valence-corrected chi connectivity index (χ4v) is 3.50. The van der Waals surface area contributed by atoms with Gasteiger partial charge in [0.1, 0.15) is 5.82 Å². The van der Waals surface area contributed by atoms with Crippen molar-refractivity contribution in [1.82, 2.24) is 15.0 Å². The molecule has 1 aliphatic rings. The fourth-order valence-electron chi connectivity index (χ4n) is 3.50. The lowest BCUT2D eigenvalue weighted by Gasteiger charge is -2.24. The van der Waals surface area contributed by atoms with E-state index in [1.54, 1.807) is 0 Å². The average molecular weight is 345 g/mol. The van der Waals surface area contributed by atoms with Crippen molar-refractivity contribution in [2.75, 3.05) is 23.4 Å². The number of pyridine rings is 1. The summed E-state index contributed by atoms with van der Waals surface area (Å²) in [5, 5.41) is 0. The number of benzene rings is 1. The van der Waals surface area contributed by atoms with Gasteiger partial charge in [0.2, 0.25) is 5.95 Å². The predicted octanol–water partition coefficient (Wildman–Crippen LogP) is 3.63. The standard InChI is InChI=1S/C21H23N5/c1-16-15-18-5-3-4-6-19(18)26(16)21-23-13-9-20(24-21)25(2)14-10-17-7-11-22-12-8-17/h3-9,11-13,16H,10,14-15H2,1-2H3. The van der Waals surface area contributed by atoms with Gasteiger partial charge in [-0.25, -0.2) is 4.98 Å². The van der Waals surface area contributed by atoms with Gasteiger partial charge in [-0.05, 0) is 55.2 Å². The molecule has 0 amide bonds. The summed E-state index contributed by atoms with van der Waals surface area (Å²) in [6, 6.07) is 15.0. The van der Waals surface area contributed by atoms with E-state index in [0.717, 1.165) is 31.2 Å². The van der Waals surface area contributed by atoms with Crippen LogP contribution in [0.25, 0.3) is 0 Å². The van der Waals surface area contributed by atoms with Crippen LogP contribution in [0, 0.1) is 0 Å². The van der Waals surface area contributed by atoms with Crippen LogP contribution < -0.4 is 9.80 Å². The lowest BCUT2D eigenvalue weighted by molar-refractivity contribution is 0.737. The molecular formula is C21H23N5. The van der Waals surface area contributed by atoms with Crippen LogP contribution in [0.15, 0.2) is 61.1 Å². The van der Waals surface area contributed by atoms with Crippen LogP contribution in [0.2, 0.25) is 0 Å². The van der Waals surface area contributed by atoms with E-state index >= 15 is 0 Å². The zero-order chi connectivity index (χ0) is 17.9. The van der Waals surface area contributed by atoms with Crippen molar-refractivity contribution in [3.05, 3.63) is 72.2 Å². The summed E-state index contributed by atoms with van der Waals surface area (Å²) < 4.78 is 0. The van der Waals surface area contributed by atoms with E-state index in [1.165, 1.54) is 16.8 Å². The van der Waals surface area contributed by atoms with Gasteiger partial charge in [-0.2, -0.15) is 4.98 Å². The molecule has 0 spiro atoms. The lowest BCUT2D eigenvalue weighted by Crippen LogP contribution is -2.27. The van der Waals surface area contributed by atoms with Gasteiger partial charge in [-0.1, -0.05) is 18.2 Å². The highest BCUT2D eigenvalue weighted by Crippen LogP contribution is 2.36. The van der Waals surface area contributed by atoms with Crippen LogP contribution in [-0.4, -0.2) is 34.6 Å². The van der Waals surface area contributed by atoms with E-state index in [2.05, 4.69) is 70.1 Å². The molecule has 3 heterocycles. The van der Waals surface area contributed by atoms with Crippen LogP contribution >= 0.6 is 0 Å². The largest absolute Gasteiger partial charge is 0.359 e. The summed E-state index contributed by atoms with van der Waals surface area (Å²) in [4.78, 5) is 17.9. The first-order valence-electron chi connectivity index (χ1n) is 9.02. The van der Waals surface area contributed by atoms with E-state index in [1.807, 2.05) is 24.7 Å². The summed E-state index contributed by atoms with van der Waals surface area (Å²) in [6.45, 7) is 3.12. The van der Waals surface area contributed by atoms with Gasteiger partial charge in [0.15, 0.2) is 0 Å². The van der Waals surface area contributed by atoms with E-state index in [-0.39, 0.29) is 0 Å². The second kappa shape index (κ2) is 7.12. The van der Waals surface area contributed by atoms with Crippen LogP contribution in [0.3, 0.4) is 0 Å². The highest BCUT2D eigenvalue weighted by atomic mass is 15.3. The normalized spacial score (nSPS) is 15.8. The van der Waals surface area contributed by atoms with Gasteiger partial charge < -0.3 is 9.80 Å². The SMILES string of the molecule is CC1Cc2ccccc2N1c1nccc(N(C)CCc2ccncc2)n1. The van der Waals surface area contributed by atoms with Crippen molar-refractivity contribution < 1.29 is 0 Å². The van der Waals surface area contributed by atoms with Gasteiger partial charge in [-0.3, -0.25) is 4.98 Å². The second-order valence-corrected chi connectivity index (χ2v) is 6.79. The van der Waals surface area contributed by atoms with Crippen molar-refractivity contribution in [2.45, 2.75) is 25.8 Å². The second-order valence-electron chi connectivity index (χ2n) is 6.79. The Morgan fingerprint density at radius 2 is 1.88 bits per heavy atom. The van der Waals surface area contributed by atoms with Gasteiger partial charge in [0.05, 0.1) is 0 Å². The van der Waals surface area contributed by atoms with E-state index in [4.69, 9.17) is 4.98 Å². The Morgan fingerprint density at radius 1 is 1.08 bits per heavy atom. The molecule has 0 N–H and O–H groups in total. The number of rotatable bonds is 5. The van der Waals surface area contributed by atoms with Crippen molar-refractivity contribution in [3.63, 3.8) is 0 Å². The topological polar surface area (TPSA) is 45.2 Å². The molecule has 1 atom stereocenters. The minimum Gasteiger partial charge on any atom is -0.359 e. The van der Waals surface area contributed by atoms with Crippen LogP contribution in [0.1, 0.15) is 18.1 Å². The van der Waals surface area contributed by atoms with Crippen LogP contribution in [0.4, 0.5) is 17.5 Å². The predicted molar refractivity (Wildman–Crippen MR) is 105 cm³/mol. The Balaban J connectivity index is 1.53. The third-order valence-electron chi connectivity index (χ3n) is 4.93. The Bertz CT molecular complexity index is 880. The molecule has 5 nitrogen and oxygen atoms in total. The van der Waals surface area contributed by atoms with Crippen molar-refractivity contribution >= 4 is 17.5 Å². The molecule has 3 aromatic rings. The first-order valence-corrected chi connectivity index (χ1v) is 9.02. The number of hydrogen-bond acceptors (Lipinski definition) is 5. The zero-order valence-electron chi connectivity index (χ0n) is 15.2. The van der Waals surface area contributed by atoms with Crippen molar-refractivity contribution in [1.29, 1.82) is 0 Å². The van der Waals surface area contributed by atoms with Crippen LogP contribution in [-0.2, 0) is 12.8 Å². The Hall–Kier alpha value is -2.95. The monoisotopic (exact) mass is 345 g/mol. The molecule has 0 saturated carbocycles. The minimum atomic E-state index is 0.366. The highest BCUT2D eigenvalue weighted by molar-refractivity contribution is 5.67. The Labute approximate surface area is 154 Å². The molecule has 5 heteroatoms. The lowest BCUT2D eigenvalue weighted by atomic mass is 10.1. The number of anilines is 3. The third-order valence-corrected chi connectivity index (χ3v) is 4.93. The number of hydrogen-bond donors (Lipinski definition) is 0. The quantitative estimate of drug-likeness (QED) is 0.706. The molecular weight excluding hydrogens is 322 g/mol. The first-order chi connectivity index (χ1) is 12.7. The molecule has 0 saturated heterocycles. The first kappa shape index (κ1) is 16.5. The van der Waals surface area contributed by atoms with E-state index in [9.17, 15) is 0 Å². The highest BCUT2D eigenvalue weighted by Gasteiger charge is 2.28. The molecule has 4 rings (SSSR count). The zero-order valence-corrected chi connectivity index (χ0v) is 15.2. The fraction of sp³-hybridized carbons (Fsp3) is 0.286. The van der Waals surface area contributed by atoms with E-state index in [0.29, 0.717) is 6.04 Å². The number of likely N-dealkylation sites (N-methyl/N-ethyl adjacent to an activating group) is 1. The summed E-state index contributed by atoms with van der Waals surface area (Å²) in [7, 11) is 2.08. The van der Waals surface area contributed by atoms with Gasteiger partial charge in [-0.15, -0.1) is 0 Å². The smallest absolute Gasteiger partial charge is 0.232 e. The summed E-state index contributed by atoms with van der Waals surface area (Å²) in [6.07, 6.45) is 7.52. The average Bonchev–Trinajstić information content (AvgIpc) is 3.02. The van der Waals surface area contributed by atoms with Crippen molar-refractivity contribution in [3.8, 4) is 0 Å². The summed E-state index contributed by atoms with van der Waals surface area (Å²) in [5.74, 6) is 1.72. The molecule has 132 valence electrons. The van der Waals surface area contributed by atoms with Gasteiger partial charge >= 0.3 is 0 Å². The Morgan fingerprint density at radius 3 is 2.73 bits per heavy atom. The van der Waals surface area contributed by atoms with Gasteiger partial charge in [0, 0.05) is 43.9 Å². The molecule has 1 aromatic carbocycles. The summed E-state index contributed by atoms with van der Waals surface area (Å²) >= 11 is 0. The molecule has 1 aliphatic heterocycles. The molecule has 0 fully saturated rings. The molecule has 2 aromatic heterocycles. The van der Waals surface area contributed by atoms with E-state index < -0.39 is 0 Å². The number of nitrogens with zero attached hydrogens (tertiary/aromatic N) is 5. The van der Waals surface area contributed by atoms with Crippen LogP contribution in [0.5, 0.6) is 0 Å². The third kappa shape index (κ3) is 3.25. The molecule has 0 aliphatic carbocycles. The maximum Gasteiger partial charge on any atom is 0.232 e. The maximum absolute atomic E-state index is 4.84. The molecule has 0 bridgehead atoms. The number of fused-ring (bicyclic) bond motifs is 1. The Kier molecular flexibility index (Phi) is 4.52.